The summed E-state index contributed by atoms with van der Waals surface area (Å²) in [5.74, 6) is 0. The van der Waals surface area contributed by atoms with Crippen LogP contribution in [0.1, 0.15) is 91.4 Å². The second kappa shape index (κ2) is 8.38. The van der Waals surface area contributed by atoms with E-state index in [1.807, 2.05) is 0 Å². The maximum atomic E-state index is 12.2. The Morgan fingerprint density at radius 3 is 2.05 bits per heavy atom. The third kappa shape index (κ3) is 6.57. The third-order valence-electron chi connectivity index (χ3n) is 4.27. The fraction of sp³-hybridized carbons (Fsp3) is 1.00. The zero-order chi connectivity index (χ0) is 15.1. The molecule has 1 rings (SSSR count). The van der Waals surface area contributed by atoms with Crippen molar-refractivity contribution in [2.45, 2.75) is 102 Å². The highest BCUT2D eigenvalue weighted by Crippen LogP contribution is 2.31. The van der Waals surface area contributed by atoms with Gasteiger partial charge in [-0.15, -0.1) is 0 Å². The van der Waals surface area contributed by atoms with Gasteiger partial charge in [-0.25, -0.2) is 13.1 Å². The van der Waals surface area contributed by atoms with Crippen molar-refractivity contribution < 1.29 is 8.42 Å². The van der Waals surface area contributed by atoms with Gasteiger partial charge in [0.05, 0.1) is 5.25 Å². The van der Waals surface area contributed by atoms with Gasteiger partial charge in [-0.2, -0.15) is 0 Å². The van der Waals surface area contributed by atoms with Gasteiger partial charge >= 0.3 is 0 Å². The molecule has 1 atom stereocenters. The molecule has 0 aromatic rings. The minimum atomic E-state index is -3.07. The first-order valence-electron chi connectivity index (χ1n) is 8.46. The highest BCUT2D eigenvalue weighted by molar-refractivity contribution is 7.90. The van der Waals surface area contributed by atoms with Gasteiger partial charge in [0.25, 0.3) is 0 Å². The summed E-state index contributed by atoms with van der Waals surface area (Å²) < 4.78 is 27.4. The lowest BCUT2D eigenvalue weighted by Crippen LogP contribution is -2.47. The zero-order valence-corrected chi connectivity index (χ0v) is 14.4. The molecule has 0 saturated heterocycles. The van der Waals surface area contributed by atoms with Crippen molar-refractivity contribution in [1.82, 2.24) is 4.72 Å². The van der Waals surface area contributed by atoms with Crippen LogP contribution in [0.3, 0.4) is 0 Å². The number of sulfonamides is 1. The van der Waals surface area contributed by atoms with E-state index in [4.69, 9.17) is 0 Å². The van der Waals surface area contributed by atoms with Gasteiger partial charge in [-0.05, 0) is 32.6 Å². The van der Waals surface area contributed by atoms with Crippen LogP contribution in [-0.4, -0.2) is 19.2 Å². The number of rotatable bonds is 12. The summed E-state index contributed by atoms with van der Waals surface area (Å²) in [7, 11) is -3.07. The SMILES string of the molecule is CCCCCCCC(C)(CCCC)NS(=O)(=O)C1CC1. The molecule has 3 nitrogen and oxygen atoms in total. The van der Waals surface area contributed by atoms with E-state index < -0.39 is 10.0 Å². The van der Waals surface area contributed by atoms with E-state index in [1.165, 1.54) is 25.7 Å². The summed E-state index contributed by atoms with van der Waals surface area (Å²) in [6, 6.07) is 0. The Morgan fingerprint density at radius 2 is 1.50 bits per heavy atom. The van der Waals surface area contributed by atoms with Crippen LogP contribution in [0.15, 0.2) is 0 Å². The Hall–Kier alpha value is -0.0900. The molecule has 1 fully saturated rings. The maximum absolute atomic E-state index is 12.2. The van der Waals surface area contributed by atoms with Gasteiger partial charge in [-0.1, -0.05) is 58.8 Å². The van der Waals surface area contributed by atoms with Crippen molar-refractivity contribution in [2.24, 2.45) is 0 Å². The second-order valence-electron chi connectivity index (χ2n) is 6.67. The lowest BCUT2D eigenvalue weighted by Gasteiger charge is -2.31. The summed E-state index contributed by atoms with van der Waals surface area (Å²) >= 11 is 0. The second-order valence-corrected chi connectivity index (χ2v) is 8.64. The van der Waals surface area contributed by atoms with E-state index in [9.17, 15) is 8.42 Å². The summed E-state index contributed by atoms with van der Waals surface area (Å²) in [4.78, 5) is 0. The average molecular weight is 304 g/mol. The predicted octanol–water partition coefficient (Wildman–Crippen LogP) is 4.38. The van der Waals surface area contributed by atoms with Crippen molar-refractivity contribution >= 4 is 10.0 Å². The number of nitrogens with one attached hydrogen (secondary N) is 1. The Morgan fingerprint density at radius 1 is 0.950 bits per heavy atom. The van der Waals surface area contributed by atoms with Crippen molar-refractivity contribution in [3.8, 4) is 0 Å². The first kappa shape index (κ1) is 18.0. The van der Waals surface area contributed by atoms with Gasteiger partial charge in [-0.3, -0.25) is 0 Å². The van der Waals surface area contributed by atoms with Crippen LogP contribution >= 0.6 is 0 Å². The number of hydrogen-bond acceptors (Lipinski definition) is 2. The van der Waals surface area contributed by atoms with Crippen molar-refractivity contribution in [3.05, 3.63) is 0 Å². The quantitative estimate of drug-likeness (QED) is 0.544. The number of unbranched alkanes of at least 4 members (excludes halogenated alkanes) is 5. The minimum Gasteiger partial charge on any atom is -0.212 e. The molecule has 1 aliphatic carbocycles. The van der Waals surface area contributed by atoms with E-state index in [0.717, 1.165) is 44.9 Å². The monoisotopic (exact) mass is 303 g/mol. The van der Waals surface area contributed by atoms with Gasteiger partial charge in [0.2, 0.25) is 10.0 Å². The van der Waals surface area contributed by atoms with Crippen LogP contribution in [0.5, 0.6) is 0 Å². The Kier molecular flexibility index (Phi) is 7.52. The van der Waals surface area contributed by atoms with E-state index in [-0.39, 0.29) is 10.8 Å². The molecule has 4 heteroatoms. The smallest absolute Gasteiger partial charge is 0.212 e. The molecule has 1 aliphatic rings. The normalized spacial score (nSPS) is 18.9. The predicted molar refractivity (Wildman–Crippen MR) is 86.4 cm³/mol. The Labute approximate surface area is 126 Å². The van der Waals surface area contributed by atoms with E-state index in [2.05, 4.69) is 25.5 Å². The maximum Gasteiger partial charge on any atom is 0.214 e. The molecule has 1 unspecified atom stereocenters. The lowest BCUT2D eigenvalue weighted by molar-refractivity contribution is 0.335. The van der Waals surface area contributed by atoms with Crippen LogP contribution in [0.25, 0.3) is 0 Å². The van der Waals surface area contributed by atoms with Gasteiger partial charge in [0.1, 0.15) is 0 Å². The standard InChI is InChI=1S/C16H33NO2S/c1-4-6-8-9-10-14-16(3,13-7-5-2)17-20(18,19)15-11-12-15/h15,17H,4-14H2,1-3H3. The zero-order valence-electron chi connectivity index (χ0n) is 13.6. The van der Waals surface area contributed by atoms with E-state index >= 15 is 0 Å². The molecular formula is C16H33NO2S. The van der Waals surface area contributed by atoms with Gasteiger partial charge in [0.15, 0.2) is 0 Å². The largest absolute Gasteiger partial charge is 0.214 e. The van der Waals surface area contributed by atoms with E-state index in [1.54, 1.807) is 0 Å². The van der Waals surface area contributed by atoms with Crippen LogP contribution in [0.4, 0.5) is 0 Å². The molecule has 20 heavy (non-hydrogen) atoms. The summed E-state index contributed by atoms with van der Waals surface area (Å²) in [6.45, 7) is 6.48. The van der Waals surface area contributed by atoms with Crippen LogP contribution in [0.2, 0.25) is 0 Å². The molecule has 120 valence electrons. The van der Waals surface area contributed by atoms with Gasteiger partial charge < -0.3 is 0 Å². The molecule has 0 radical (unpaired) electrons. The molecule has 0 amide bonds. The van der Waals surface area contributed by atoms with Crippen molar-refractivity contribution in [1.29, 1.82) is 0 Å². The molecule has 1 saturated carbocycles. The van der Waals surface area contributed by atoms with Gasteiger partial charge in [0, 0.05) is 5.54 Å². The molecule has 0 spiro atoms. The fourth-order valence-electron chi connectivity index (χ4n) is 2.72. The topological polar surface area (TPSA) is 46.2 Å². The van der Waals surface area contributed by atoms with Crippen molar-refractivity contribution in [2.75, 3.05) is 0 Å². The first-order valence-corrected chi connectivity index (χ1v) is 10.0. The lowest BCUT2D eigenvalue weighted by atomic mass is 9.90. The summed E-state index contributed by atoms with van der Waals surface area (Å²) in [5.41, 5.74) is -0.232. The van der Waals surface area contributed by atoms with Crippen molar-refractivity contribution in [3.63, 3.8) is 0 Å². The molecule has 0 bridgehead atoms. The molecule has 0 heterocycles. The molecular weight excluding hydrogens is 270 g/mol. The fourth-order valence-corrected chi connectivity index (χ4v) is 4.53. The highest BCUT2D eigenvalue weighted by atomic mass is 32.2. The molecule has 0 aliphatic heterocycles. The van der Waals surface area contributed by atoms with Crippen LogP contribution in [-0.2, 0) is 10.0 Å². The molecule has 1 N–H and O–H groups in total. The molecule has 0 aromatic carbocycles. The van der Waals surface area contributed by atoms with Crippen LogP contribution < -0.4 is 4.72 Å². The number of hydrogen-bond donors (Lipinski definition) is 1. The summed E-state index contributed by atoms with van der Waals surface area (Å²) in [6.07, 6.45) is 12.0. The highest BCUT2D eigenvalue weighted by Gasteiger charge is 2.39. The first-order chi connectivity index (χ1) is 9.43. The summed E-state index contributed by atoms with van der Waals surface area (Å²) in [5, 5.41) is -0.108. The Balaban J connectivity index is 2.47. The molecule has 0 aromatic heterocycles. The average Bonchev–Trinajstić information content (AvgIpc) is 3.20. The van der Waals surface area contributed by atoms with E-state index in [0.29, 0.717) is 0 Å². The van der Waals surface area contributed by atoms with Crippen LogP contribution in [0, 0.1) is 0 Å². The minimum absolute atomic E-state index is 0.108. The third-order valence-corrected chi connectivity index (χ3v) is 6.39. The Bertz CT molecular complexity index is 363.